The van der Waals surface area contributed by atoms with Crippen molar-refractivity contribution in [2.75, 3.05) is 6.61 Å². The lowest BCUT2D eigenvalue weighted by molar-refractivity contribution is 0.0512. The molecule has 0 amide bonds. The van der Waals surface area contributed by atoms with Gasteiger partial charge in [0, 0.05) is 6.20 Å². The van der Waals surface area contributed by atoms with E-state index in [1.807, 2.05) is 0 Å². The van der Waals surface area contributed by atoms with E-state index in [2.05, 4.69) is 10.1 Å². The molecule has 1 aliphatic rings. The van der Waals surface area contributed by atoms with Gasteiger partial charge in [-0.2, -0.15) is 0 Å². The Morgan fingerprint density at radius 1 is 1.35 bits per heavy atom. The van der Waals surface area contributed by atoms with E-state index in [-0.39, 0.29) is 34.9 Å². The number of aromatic nitrogens is 2. The maximum Gasteiger partial charge on any atom is 0.361 e. The molecular weight excluding hydrogens is 264 g/mol. The second kappa shape index (κ2) is 4.37. The lowest BCUT2D eigenvalue weighted by Crippen LogP contribution is -2.23. The normalized spacial score (nSPS) is 12.8. The van der Waals surface area contributed by atoms with Crippen molar-refractivity contribution < 1.29 is 23.6 Å². The highest BCUT2D eigenvalue weighted by atomic mass is 16.5. The molecule has 100 valence electrons. The SMILES string of the molecule is CCOC(=O)c1noc2c1C(=O)c1cccnc1C2=O. The summed E-state index contributed by atoms with van der Waals surface area (Å²) >= 11 is 0. The first-order valence-electron chi connectivity index (χ1n) is 5.86. The Labute approximate surface area is 112 Å². The Bertz CT molecular complexity index is 747. The van der Waals surface area contributed by atoms with E-state index in [4.69, 9.17) is 9.26 Å². The zero-order chi connectivity index (χ0) is 14.3. The van der Waals surface area contributed by atoms with Crippen LogP contribution in [0.4, 0.5) is 0 Å². The summed E-state index contributed by atoms with van der Waals surface area (Å²) in [5, 5.41) is 3.48. The Morgan fingerprint density at radius 3 is 2.90 bits per heavy atom. The van der Waals surface area contributed by atoms with Crippen molar-refractivity contribution in [3.8, 4) is 0 Å². The molecule has 0 spiro atoms. The lowest BCUT2D eigenvalue weighted by Gasteiger charge is -2.11. The number of pyridine rings is 1. The predicted octanol–water partition coefficient (Wildman–Crippen LogP) is 1.02. The molecule has 0 unspecified atom stereocenters. The number of ketones is 2. The summed E-state index contributed by atoms with van der Waals surface area (Å²) in [4.78, 5) is 40.1. The van der Waals surface area contributed by atoms with Crippen LogP contribution >= 0.6 is 0 Å². The number of carbonyl (C=O) groups excluding carboxylic acids is 3. The summed E-state index contributed by atoms with van der Waals surface area (Å²) in [6.07, 6.45) is 1.40. The van der Waals surface area contributed by atoms with E-state index in [0.717, 1.165) is 0 Å². The van der Waals surface area contributed by atoms with Gasteiger partial charge in [-0.05, 0) is 19.1 Å². The van der Waals surface area contributed by atoms with E-state index in [9.17, 15) is 14.4 Å². The van der Waals surface area contributed by atoms with Crippen LogP contribution < -0.4 is 0 Å². The van der Waals surface area contributed by atoms with Crippen LogP contribution in [0.2, 0.25) is 0 Å². The largest absolute Gasteiger partial charge is 0.461 e. The maximum atomic E-state index is 12.3. The topological polar surface area (TPSA) is 99.4 Å². The molecule has 0 N–H and O–H groups in total. The Balaban J connectivity index is 2.18. The number of hydrogen-bond acceptors (Lipinski definition) is 7. The van der Waals surface area contributed by atoms with Crippen molar-refractivity contribution in [1.82, 2.24) is 10.1 Å². The highest BCUT2D eigenvalue weighted by Crippen LogP contribution is 2.28. The zero-order valence-corrected chi connectivity index (χ0v) is 10.4. The molecule has 0 aliphatic heterocycles. The van der Waals surface area contributed by atoms with Gasteiger partial charge in [0.05, 0.1) is 12.2 Å². The van der Waals surface area contributed by atoms with Crippen LogP contribution in [0.3, 0.4) is 0 Å². The minimum absolute atomic E-state index is 0.00319. The quantitative estimate of drug-likeness (QED) is 0.642. The number of fused-ring (bicyclic) bond motifs is 2. The van der Waals surface area contributed by atoms with E-state index in [1.54, 1.807) is 6.92 Å². The van der Waals surface area contributed by atoms with Gasteiger partial charge in [0.2, 0.25) is 17.2 Å². The van der Waals surface area contributed by atoms with Crippen molar-refractivity contribution in [3.05, 3.63) is 46.6 Å². The monoisotopic (exact) mass is 272 g/mol. The minimum Gasteiger partial charge on any atom is -0.461 e. The van der Waals surface area contributed by atoms with Gasteiger partial charge >= 0.3 is 5.97 Å². The van der Waals surface area contributed by atoms with E-state index < -0.39 is 17.5 Å². The average molecular weight is 272 g/mol. The molecule has 20 heavy (non-hydrogen) atoms. The molecule has 2 aromatic heterocycles. The highest BCUT2D eigenvalue weighted by molar-refractivity contribution is 6.28. The number of ether oxygens (including phenoxy) is 1. The van der Waals surface area contributed by atoms with Gasteiger partial charge in [-0.3, -0.25) is 14.6 Å². The van der Waals surface area contributed by atoms with Gasteiger partial charge in [0.15, 0.2) is 0 Å². The molecule has 1 aliphatic carbocycles. The Morgan fingerprint density at radius 2 is 2.15 bits per heavy atom. The molecule has 2 aromatic rings. The van der Waals surface area contributed by atoms with E-state index >= 15 is 0 Å². The average Bonchev–Trinajstić information content (AvgIpc) is 2.90. The summed E-state index contributed by atoms with van der Waals surface area (Å²) in [5.41, 5.74) is -0.320. The van der Waals surface area contributed by atoms with Crippen molar-refractivity contribution >= 4 is 17.5 Å². The van der Waals surface area contributed by atoms with Crippen LogP contribution in [0.25, 0.3) is 0 Å². The molecule has 3 rings (SSSR count). The Hall–Kier alpha value is -2.83. The molecule has 0 bridgehead atoms. The van der Waals surface area contributed by atoms with Crippen LogP contribution in [-0.2, 0) is 4.74 Å². The highest BCUT2D eigenvalue weighted by Gasteiger charge is 2.39. The van der Waals surface area contributed by atoms with Gasteiger partial charge in [-0.25, -0.2) is 4.79 Å². The van der Waals surface area contributed by atoms with Crippen molar-refractivity contribution in [3.63, 3.8) is 0 Å². The van der Waals surface area contributed by atoms with Crippen LogP contribution in [0.15, 0.2) is 22.9 Å². The zero-order valence-electron chi connectivity index (χ0n) is 10.4. The molecule has 2 heterocycles. The van der Waals surface area contributed by atoms with Gasteiger partial charge in [-0.1, -0.05) is 5.16 Å². The predicted molar refractivity (Wildman–Crippen MR) is 63.6 cm³/mol. The first kappa shape index (κ1) is 12.2. The fourth-order valence-electron chi connectivity index (χ4n) is 2.01. The minimum atomic E-state index is -0.800. The number of carbonyl (C=O) groups is 3. The van der Waals surface area contributed by atoms with Crippen LogP contribution in [-0.4, -0.2) is 34.3 Å². The first-order chi connectivity index (χ1) is 9.65. The van der Waals surface area contributed by atoms with Crippen LogP contribution in [0.1, 0.15) is 49.6 Å². The number of nitrogens with zero attached hydrogens (tertiary/aromatic N) is 2. The van der Waals surface area contributed by atoms with E-state index in [1.165, 1.54) is 18.3 Å². The Kier molecular flexibility index (Phi) is 2.67. The molecule has 0 saturated carbocycles. The third-order valence-electron chi connectivity index (χ3n) is 2.86. The summed E-state index contributed by atoms with van der Waals surface area (Å²) < 4.78 is 9.62. The van der Waals surface area contributed by atoms with Gasteiger partial charge in [-0.15, -0.1) is 0 Å². The van der Waals surface area contributed by atoms with Crippen molar-refractivity contribution in [2.45, 2.75) is 6.92 Å². The van der Waals surface area contributed by atoms with Crippen molar-refractivity contribution in [1.29, 1.82) is 0 Å². The molecule has 0 radical (unpaired) electrons. The van der Waals surface area contributed by atoms with E-state index in [0.29, 0.717) is 0 Å². The third-order valence-corrected chi connectivity index (χ3v) is 2.86. The van der Waals surface area contributed by atoms with Gasteiger partial charge < -0.3 is 9.26 Å². The molecule has 0 fully saturated rings. The van der Waals surface area contributed by atoms with Crippen molar-refractivity contribution in [2.24, 2.45) is 0 Å². The van der Waals surface area contributed by atoms with Crippen LogP contribution in [0, 0.1) is 0 Å². The summed E-state index contributed by atoms with van der Waals surface area (Å²) in [6, 6.07) is 3.00. The molecule has 0 saturated heterocycles. The maximum absolute atomic E-state index is 12.3. The molecule has 0 atom stereocenters. The summed E-state index contributed by atoms with van der Waals surface area (Å²) in [6.45, 7) is 1.75. The molecule has 7 heteroatoms. The smallest absolute Gasteiger partial charge is 0.361 e. The lowest BCUT2D eigenvalue weighted by atomic mass is 9.91. The molecular formula is C13H8N2O5. The molecule has 7 nitrogen and oxygen atoms in total. The van der Waals surface area contributed by atoms with Crippen LogP contribution in [0.5, 0.6) is 0 Å². The second-order valence-corrected chi connectivity index (χ2v) is 4.01. The standard InChI is InChI=1S/C13H8N2O5/c1-2-19-13(18)9-7-10(16)6-4-3-5-14-8(6)11(17)12(7)20-15-9/h3-5H,2H2,1H3. The number of esters is 1. The first-order valence-corrected chi connectivity index (χ1v) is 5.86. The van der Waals surface area contributed by atoms with Gasteiger partial charge in [0.25, 0.3) is 5.78 Å². The fourth-order valence-corrected chi connectivity index (χ4v) is 2.01. The molecule has 0 aromatic carbocycles. The second-order valence-electron chi connectivity index (χ2n) is 4.01. The number of hydrogen-bond donors (Lipinski definition) is 0. The summed E-state index contributed by atoms with van der Waals surface area (Å²) in [5.74, 6) is -2.17. The van der Waals surface area contributed by atoms with Gasteiger partial charge in [0.1, 0.15) is 11.3 Å². The summed E-state index contributed by atoms with van der Waals surface area (Å²) in [7, 11) is 0. The fraction of sp³-hybridized carbons (Fsp3) is 0.154. The number of rotatable bonds is 2. The third kappa shape index (κ3) is 1.56.